The Kier molecular flexibility index (Phi) is 49.1. The molecule has 0 radical (unpaired) electrons. The molecule has 2 aliphatic rings. The topological polar surface area (TPSA) is 232 Å². The maximum Gasteiger partial charge on any atom is 0.242 e. The van der Waals surface area contributed by atoms with E-state index in [9.17, 15) is 24.3 Å². The molecule has 8 N–H and O–H groups in total. The highest BCUT2D eigenvalue weighted by molar-refractivity contribution is 8.08. The average Bonchev–Trinajstić information content (AvgIpc) is 3.89. The second-order valence-corrected chi connectivity index (χ2v) is 24.5. The predicted octanol–water partition coefficient (Wildman–Crippen LogP) is 13.6. The molecule has 4 amide bonds. The number of nitrogens with zero attached hydrogens (tertiary/aromatic N) is 3. The van der Waals surface area contributed by atoms with Gasteiger partial charge >= 0.3 is 0 Å². The van der Waals surface area contributed by atoms with Crippen molar-refractivity contribution in [2.75, 3.05) is 78.1 Å². The van der Waals surface area contributed by atoms with E-state index in [0.29, 0.717) is 94.3 Å². The zero-order valence-electron chi connectivity index (χ0n) is 54.2. The van der Waals surface area contributed by atoms with Gasteiger partial charge in [-0.05, 0) is 106 Å². The first-order chi connectivity index (χ1) is 41.3. The van der Waals surface area contributed by atoms with Crippen LogP contribution in [0.5, 0.6) is 0 Å². The lowest BCUT2D eigenvalue weighted by atomic mass is 9.74. The number of nitrogens with one attached hydrogen (secondary N) is 3. The van der Waals surface area contributed by atoms with Crippen LogP contribution >= 0.6 is 46.7 Å². The number of aliphatic hydroxyl groups is 1. The van der Waals surface area contributed by atoms with Gasteiger partial charge in [0.05, 0.1) is 68.0 Å². The minimum atomic E-state index is -0.469. The van der Waals surface area contributed by atoms with Gasteiger partial charge in [-0.2, -0.15) is 0 Å². The standard InChI is InChI=1S/C31H60N4O7.C16H20Cl2N2S.C13H14N2OS.C4H10.C2H6/c1-3-5-8-14-31(26-32,13-4-2)15-9-6-7-10-28(37)33-16-19-41-21-23-42-22-20-40-18-12-29(38)34-24-30(39)35-17-11-27(36)25-35;1-5-10(3)15(16(19)20-11(4)6-2)21-13-9-7-8-12(17)14(13)18;1-10-13(17-7-6-15-10)12-4-2-11(3-5-12)8-14-9-16;1-4(2)3;1-2/h27,36H,3-26,32H2,1-2H3,(H,33,37)(H,34,38);6-10H,2,5,19H2,1,3-4H3;2-6,9H,7-8H2,1H3,(H,14,16);4H,1-3H3;1-2H3/b;16-15+,20-11-;;;. The van der Waals surface area contributed by atoms with Crippen LogP contribution in [0.1, 0.15) is 177 Å². The third-order valence-corrected chi connectivity index (χ3v) is 16.9. The monoisotopic (exact) mass is 1280 g/mol. The zero-order chi connectivity index (χ0) is 64.5. The summed E-state index contributed by atoms with van der Waals surface area (Å²) in [6, 6.07) is 13.8. The molecular formula is C66H110Cl2N8O8S2. The number of hydrogen-bond acceptors (Lipinski definition) is 14. The van der Waals surface area contributed by atoms with E-state index in [4.69, 9.17) is 48.9 Å². The largest absolute Gasteiger partial charge is 0.391 e. The van der Waals surface area contributed by atoms with Gasteiger partial charge in [-0.1, -0.05) is 173 Å². The highest BCUT2D eigenvalue weighted by Gasteiger charge is 2.27. The van der Waals surface area contributed by atoms with E-state index in [1.807, 2.05) is 58.2 Å². The molecule has 1 saturated heterocycles. The summed E-state index contributed by atoms with van der Waals surface area (Å²) in [5.74, 6) is 2.18. The number of carbonyl (C=O) groups excluding carboxylic acids is 4. The number of carbonyl (C=O) groups is 4. The highest BCUT2D eigenvalue weighted by atomic mass is 35.5. The van der Waals surface area contributed by atoms with Gasteiger partial charge in [0.1, 0.15) is 5.82 Å². The lowest BCUT2D eigenvalue weighted by molar-refractivity contribution is -0.132. The van der Waals surface area contributed by atoms with Crippen molar-refractivity contribution in [3.63, 3.8) is 0 Å². The summed E-state index contributed by atoms with van der Waals surface area (Å²) in [7, 11) is 0. The number of hydrogen-bond donors (Lipinski definition) is 6. The van der Waals surface area contributed by atoms with Crippen LogP contribution in [-0.2, 0) is 39.9 Å². The van der Waals surface area contributed by atoms with Crippen molar-refractivity contribution in [3.05, 3.63) is 92.7 Å². The van der Waals surface area contributed by atoms with Crippen LogP contribution < -0.4 is 27.4 Å². The molecule has 0 aromatic heterocycles. The van der Waals surface area contributed by atoms with Crippen LogP contribution in [0.4, 0.5) is 0 Å². The van der Waals surface area contributed by atoms with Gasteiger partial charge in [0.15, 0.2) is 0 Å². The number of thioether (sulfide) groups is 2. The third-order valence-electron chi connectivity index (χ3n) is 13.4. The van der Waals surface area contributed by atoms with E-state index in [1.54, 1.807) is 28.8 Å². The molecule has 3 atom stereocenters. The van der Waals surface area contributed by atoms with Crippen LogP contribution in [0.15, 0.2) is 86.4 Å². The van der Waals surface area contributed by atoms with E-state index < -0.39 is 6.10 Å². The first kappa shape index (κ1) is 81.8. The number of unbranched alkanes of at least 4 members (excludes halogenated alkanes) is 4. The summed E-state index contributed by atoms with van der Waals surface area (Å²) in [6.07, 6.45) is 17.8. The molecule has 0 aliphatic carbocycles. The molecule has 16 nitrogen and oxygen atoms in total. The number of nitrogens with two attached hydrogens (primary N) is 2. The molecule has 2 aliphatic heterocycles. The Morgan fingerprint density at radius 1 is 0.895 bits per heavy atom. The van der Waals surface area contributed by atoms with Gasteiger partial charge in [0.25, 0.3) is 0 Å². The first-order valence-electron chi connectivity index (χ1n) is 31.1. The smallest absolute Gasteiger partial charge is 0.242 e. The van der Waals surface area contributed by atoms with Gasteiger partial charge in [0, 0.05) is 71.4 Å². The fourth-order valence-electron chi connectivity index (χ4n) is 8.57. The van der Waals surface area contributed by atoms with E-state index in [1.165, 1.54) is 60.8 Å². The average molecular weight is 1280 g/mol. The Labute approximate surface area is 537 Å². The van der Waals surface area contributed by atoms with Crippen LogP contribution in [0.3, 0.4) is 0 Å². The van der Waals surface area contributed by atoms with Crippen LogP contribution in [0.25, 0.3) is 4.91 Å². The van der Waals surface area contributed by atoms with E-state index in [2.05, 4.69) is 93.1 Å². The van der Waals surface area contributed by atoms with Crippen molar-refractivity contribution in [2.24, 2.45) is 38.7 Å². The quantitative estimate of drug-likeness (QED) is 0.0161. The predicted molar refractivity (Wildman–Crippen MR) is 365 cm³/mol. The molecule has 0 spiro atoms. The summed E-state index contributed by atoms with van der Waals surface area (Å²) in [6.45, 7) is 31.7. The number of aliphatic imine (C=N–C) groups is 2. The number of likely N-dealkylation sites (tertiary alicyclic amines) is 1. The minimum Gasteiger partial charge on any atom is -0.391 e. The summed E-state index contributed by atoms with van der Waals surface area (Å²) in [4.78, 5) is 59.4. The molecule has 0 saturated carbocycles. The van der Waals surface area contributed by atoms with Crippen molar-refractivity contribution < 1.29 is 38.5 Å². The van der Waals surface area contributed by atoms with Crippen molar-refractivity contribution in [1.29, 1.82) is 0 Å². The highest BCUT2D eigenvalue weighted by Crippen LogP contribution is 2.41. The summed E-state index contributed by atoms with van der Waals surface area (Å²) >= 11 is 15.6. The Morgan fingerprint density at radius 2 is 1.52 bits per heavy atom. The molecule has 4 rings (SSSR count). The van der Waals surface area contributed by atoms with Gasteiger partial charge in [0.2, 0.25) is 24.1 Å². The Hall–Kier alpha value is -4.24. The number of rotatable bonds is 37. The normalized spacial score (nSPS) is 15.0. The molecule has 86 heavy (non-hydrogen) atoms. The second kappa shape index (κ2) is 51.6. The Morgan fingerprint density at radius 3 is 2.09 bits per heavy atom. The molecular weight excluding hydrogens is 1170 g/mol. The number of halogens is 2. The molecule has 3 unspecified atom stereocenters. The molecule has 2 aromatic carbocycles. The summed E-state index contributed by atoms with van der Waals surface area (Å²) in [5.41, 5.74) is 16.8. The maximum absolute atomic E-state index is 12.1. The number of allylic oxidation sites excluding steroid dienone is 3. The lowest BCUT2D eigenvalue weighted by Crippen LogP contribution is -2.39. The van der Waals surface area contributed by atoms with E-state index >= 15 is 0 Å². The molecule has 488 valence electrons. The molecule has 2 heterocycles. The summed E-state index contributed by atoms with van der Waals surface area (Å²) < 4.78 is 16.3. The first-order valence-corrected chi connectivity index (χ1v) is 33.7. The van der Waals surface area contributed by atoms with Gasteiger partial charge in [-0.3, -0.25) is 24.2 Å². The number of benzene rings is 2. The van der Waals surface area contributed by atoms with Crippen molar-refractivity contribution >= 4 is 87.7 Å². The fourth-order valence-corrected chi connectivity index (χ4v) is 11.0. The Balaban J connectivity index is 0.00000135. The van der Waals surface area contributed by atoms with Gasteiger partial charge < -0.3 is 51.6 Å². The van der Waals surface area contributed by atoms with Crippen LogP contribution in [-0.4, -0.2) is 130 Å². The second-order valence-electron chi connectivity index (χ2n) is 21.6. The fraction of sp³-hybridized carbons (Fsp3) is 0.636. The molecule has 20 heteroatoms. The minimum absolute atomic E-state index is 0.0625. The maximum atomic E-state index is 12.1. The van der Waals surface area contributed by atoms with Gasteiger partial charge in [-0.15, -0.1) is 11.8 Å². The SMILES string of the molecule is C=C/C(C)=N\C(N)=C(\Sc1cccc(Cl)c1Cl)C(C)CC.CC.CC(C)C.CC1=C(c2ccc(CNC=O)cc2)SCC=N1.CCCCCC(CN)(CCC)CCCCCC(=O)NCCOCCOCCOCCC(=O)NCC(=O)N1CCC(O)C1. The zero-order valence-corrected chi connectivity index (χ0v) is 57.3. The van der Waals surface area contributed by atoms with E-state index in [0.717, 1.165) is 77.1 Å². The van der Waals surface area contributed by atoms with Crippen molar-refractivity contribution in [3.8, 4) is 0 Å². The van der Waals surface area contributed by atoms with Gasteiger partial charge in [-0.25, -0.2) is 4.99 Å². The number of aliphatic hydroxyl groups excluding tert-OH is 1. The molecule has 1 fully saturated rings. The lowest BCUT2D eigenvalue weighted by Gasteiger charge is -2.33. The van der Waals surface area contributed by atoms with Crippen LogP contribution in [0, 0.1) is 17.3 Å². The molecule has 0 bridgehead atoms. The van der Waals surface area contributed by atoms with Crippen LogP contribution in [0.2, 0.25) is 10.0 Å². The summed E-state index contributed by atoms with van der Waals surface area (Å²) in [5, 5.41) is 18.7. The van der Waals surface area contributed by atoms with Crippen molar-refractivity contribution in [2.45, 2.75) is 184 Å². The van der Waals surface area contributed by atoms with E-state index in [-0.39, 0.29) is 48.6 Å². The third kappa shape index (κ3) is 38.2. The Bertz CT molecular complexity index is 2320. The number of ether oxygens (including phenoxy) is 3. The number of amides is 4. The number of β-amino-alcohol motifs (C(OH)–C–C–N with tert-alkyl or cyclic N) is 1. The molecule has 2 aromatic rings. The van der Waals surface area contributed by atoms with Crippen molar-refractivity contribution in [1.82, 2.24) is 20.9 Å².